The molecule has 0 saturated heterocycles. The first-order valence-electron chi connectivity index (χ1n) is 8.83. The first-order valence-corrected chi connectivity index (χ1v) is 8.83. The van der Waals surface area contributed by atoms with Crippen LogP contribution in [-0.4, -0.2) is 32.6 Å². The van der Waals surface area contributed by atoms with Crippen molar-refractivity contribution in [2.24, 2.45) is 28.6 Å². The largest absolute Gasteiger partial charge is 0.516 e. The Bertz CT molecular complexity index is 688. The molecule has 2 saturated carbocycles. The average Bonchev–Trinajstić information content (AvgIpc) is 2.86. The Balaban J connectivity index is 1.88. The van der Waals surface area contributed by atoms with Gasteiger partial charge in [-0.2, -0.15) is 0 Å². The van der Waals surface area contributed by atoms with Crippen molar-refractivity contribution in [2.45, 2.75) is 45.3 Å². The maximum absolute atomic E-state index is 10.5. The van der Waals surface area contributed by atoms with Crippen LogP contribution in [-0.2, 0) is 0 Å². The number of allylic oxidation sites excluding steroid dienone is 5. The van der Waals surface area contributed by atoms with Crippen LogP contribution >= 0.6 is 0 Å². The summed E-state index contributed by atoms with van der Waals surface area (Å²) >= 11 is 0. The Hall–Kier alpha value is -1.52. The molecule has 130 valence electrons. The van der Waals surface area contributed by atoms with Crippen molar-refractivity contribution in [3.05, 3.63) is 47.5 Å². The fraction of sp³-hybridized carbons (Fsp3) is 0.600. The van der Waals surface area contributed by atoms with E-state index in [1.165, 1.54) is 6.26 Å². The molecule has 2 fully saturated rings. The molecule has 7 atom stereocenters. The van der Waals surface area contributed by atoms with Gasteiger partial charge in [0.1, 0.15) is 11.9 Å². The molecule has 0 aromatic heterocycles. The van der Waals surface area contributed by atoms with E-state index in [1.807, 2.05) is 12.2 Å². The third-order valence-corrected chi connectivity index (χ3v) is 7.25. The number of hydrogen-bond acceptors (Lipinski definition) is 4. The minimum Gasteiger partial charge on any atom is -0.516 e. The van der Waals surface area contributed by atoms with Gasteiger partial charge in [0.05, 0.1) is 12.4 Å². The van der Waals surface area contributed by atoms with E-state index in [2.05, 4.69) is 19.9 Å². The van der Waals surface area contributed by atoms with Crippen molar-refractivity contribution in [3.8, 4) is 0 Å². The van der Waals surface area contributed by atoms with Crippen molar-refractivity contribution in [2.75, 3.05) is 0 Å². The van der Waals surface area contributed by atoms with E-state index in [0.717, 1.165) is 24.0 Å². The highest BCUT2D eigenvalue weighted by atomic mass is 16.3. The minimum absolute atomic E-state index is 0.00628. The van der Waals surface area contributed by atoms with Crippen LogP contribution in [0.5, 0.6) is 0 Å². The Morgan fingerprint density at radius 1 is 1.17 bits per heavy atom. The molecule has 0 bridgehead atoms. The van der Waals surface area contributed by atoms with E-state index in [1.54, 1.807) is 6.08 Å². The second kappa shape index (κ2) is 4.99. The van der Waals surface area contributed by atoms with Crippen LogP contribution in [0.3, 0.4) is 0 Å². The molecular formula is C20H26O4. The molecule has 0 amide bonds. The van der Waals surface area contributed by atoms with Gasteiger partial charge in [0, 0.05) is 22.3 Å². The lowest BCUT2D eigenvalue weighted by Crippen LogP contribution is -2.50. The van der Waals surface area contributed by atoms with Crippen molar-refractivity contribution in [1.82, 2.24) is 0 Å². The Labute approximate surface area is 142 Å². The highest BCUT2D eigenvalue weighted by Crippen LogP contribution is 2.64. The lowest BCUT2D eigenvalue weighted by Gasteiger charge is -2.55. The molecule has 4 aliphatic carbocycles. The van der Waals surface area contributed by atoms with Crippen LogP contribution in [0.15, 0.2) is 47.5 Å². The number of hydrogen-bond donors (Lipinski definition) is 4. The molecular weight excluding hydrogens is 304 g/mol. The number of fused-ring (bicyclic) bond motifs is 5. The van der Waals surface area contributed by atoms with Crippen LogP contribution in [0.25, 0.3) is 0 Å². The first-order chi connectivity index (χ1) is 11.3. The van der Waals surface area contributed by atoms with Crippen LogP contribution in [0, 0.1) is 28.6 Å². The van der Waals surface area contributed by atoms with Crippen LogP contribution in [0.1, 0.15) is 33.1 Å². The van der Waals surface area contributed by atoms with Crippen molar-refractivity contribution in [1.29, 1.82) is 0 Å². The van der Waals surface area contributed by atoms with E-state index in [4.69, 9.17) is 0 Å². The summed E-state index contributed by atoms with van der Waals surface area (Å²) in [7, 11) is 0. The molecule has 0 aromatic carbocycles. The summed E-state index contributed by atoms with van der Waals surface area (Å²) in [4.78, 5) is 0. The molecule has 0 heterocycles. The second-order valence-corrected chi connectivity index (χ2v) is 8.39. The number of aliphatic hydroxyl groups excluding tert-OH is 4. The summed E-state index contributed by atoms with van der Waals surface area (Å²) in [6.07, 6.45) is 10.0. The van der Waals surface area contributed by atoms with E-state index in [9.17, 15) is 20.4 Å². The number of aliphatic hydroxyl groups is 4. The fourth-order valence-electron chi connectivity index (χ4n) is 5.96. The summed E-state index contributed by atoms with van der Waals surface area (Å²) in [5.41, 5.74) is 1.00. The molecule has 1 unspecified atom stereocenters. The van der Waals surface area contributed by atoms with Gasteiger partial charge in [-0.15, -0.1) is 0 Å². The summed E-state index contributed by atoms with van der Waals surface area (Å²) in [6.45, 7) is 4.20. The molecule has 4 rings (SSSR count). The lowest BCUT2D eigenvalue weighted by atomic mass is 9.49. The van der Waals surface area contributed by atoms with Gasteiger partial charge in [-0.1, -0.05) is 38.2 Å². The summed E-state index contributed by atoms with van der Waals surface area (Å²) in [5, 5.41) is 40.8. The predicted octanol–water partition coefficient (Wildman–Crippen LogP) is 3.16. The normalized spacial score (nSPS) is 51.5. The summed E-state index contributed by atoms with van der Waals surface area (Å²) in [5.74, 6) is 0.613. The van der Waals surface area contributed by atoms with Crippen LogP contribution < -0.4 is 0 Å². The van der Waals surface area contributed by atoms with Crippen LogP contribution in [0.2, 0.25) is 0 Å². The molecule has 4 N–H and O–H groups in total. The standard InChI is InChI=1S/C20H26O4/c1-19-8-7-15(22)18(24)14(19)4-3-12-13-5-6-16(23)20(13,2)9-11(10-21)17(12)19/h3-4,7-8,10,12-13,15-17,21-24H,5-6,9H2,1-2H3/b11-10-/t12-,13-,15?,16-,17-,19-,20-/m0/s1. The SMILES string of the molecule is C[C@]12C/C(=C/O)[C@H]3[C@@H](C=CC4=C(O)C(O)C=C[C@@]43C)[C@@H]1CC[C@@H]2O. The van der Waals surface area contributed by atoms with Crippen molar-refractivity contribution in [3.63, 3.8) is 0 Å². The van der Waals surface area contributed by atoms with E-state index in [0.29, 0.717) is 12.3 Å². The second-order valence-electron chi connectivity index (χ2n) is 8.39. The smallest absolute Gasteiger partial charge is 0.129 e. The van der Waals surface area contributed by atoms with E-state index >= 15 is 0 Å². The lowest BCUT2D eigenvalue weighted by molar-refractivity contribution is -0.0133. The maximum atomic E-state index is 10.5. The molecule has 4 heteroatoms. The summed E-state index contributed by atoms with van der Waals surface area (Å²) in [6, 6.07) is 0. The van der Waals surface area contributed by atoms with Gasteiger partial charge < -0.3 is 20.4 Å². The van der Waals surface area contributed by atoms with Gasteiger partial charge in [0.25, 0.3) is 0 Å². The molecule has 4 aliphatic rings. The number of rotatable bonds is 0. The Morgan fingerprint density at radius 3 is 2.62 bits per heavy atom. The van der Waals surface area contributed by atoms with Gasteiger partial charge in [0.15, 0.2) is 0 Å². The quantitative estimate of drug-likeness (QED) is 0.406. The molecule has 0 radical (unpaired) electrons. The van der Waals surface area contributed by atoms with Gasteiger partial charge in [-0.05, 0) is 36.7 Å². The van der Waals surface area contributed by atoms with E-state index < -0.39 is 11.5 Å². The third kappa shape index (κ3) is 1.81. The average molecular weight is 330 g/mol. The monoisotopic (exact) mass is 330 g/mol. The summed E-state index contributed by atoms with van der Waals surface area (Å²) < 4.78 is 0. The zero-order chi connectivity index (χ0) is 17.3. The topological polar surface area (TPSA) is 80.9 Å². The highest BCUT2D eigenvalue weighted by Gasteiger charge is 2.59. The zero-order valence-corrected chi connectivity index (χ0v) is 14.2. The zero-order valence-electron chi connectivity index (χ0n) is 14.2. The highest BCUT2D eigenvalue weighted by molar-refractivity contribution is 5.47. The van der Waals surface area contributed by atoms with Crippen molar-refractivity contribution >= 4 is 0 Å². The van der Waals surface area contributed by atoms with Gasteiger partial charge >= 0.3 is 0 Å². The Kier molecular flexibility index (Phi) is 3.32. The molecule has 0 aromatic rings. The molecule has 0 aliphatic heterocycles. The molecule has 4 nitrogen and oxygen atoms in total. The Morgan fingerprint density at radius 2 is 1.92 bits per heavy atom. The minimum atomic E-state index is -0.960. The molecule has 24 heavy (non-hydrogen) atoms. The van der Waals surface area contributed by atoms with Crippen molar-refractivity contribution < 1.29 is 20.4 Å². The third-order valence-electron chi connectivity index (χ3n) is 7.25. The van der Waals surface area contributed by atoms with Gasteiger partial charge in [0.2, 0.25) is 0 Å². The molecule has 0 spiro atoms. The predicted molar refractivity (Wildman–Crippen MR) is 91.2 cm³/mol. The van der Waals surface area contributed by atoms with Gasteiger partial charge in [-0.3, -0.25) is 0 Å². The maximum Gasteiger partial charge on any atom is 0.129 e. The van der Waals surface area contributed by atoms with Crippen LogP contribution in [0.4, 0.5) is 0 Å². The first kappa shape index (κ1) is 16.0. The van der Waals surface area contributed by atoms with E-state index in [-0.39, 0.29) is 29.1 Å². The fourth-order valence-corrected chi connectivity index (χ4v) is 5.96. The van der Waals surface area contributed by atoms with Gasteiger partial charge in [-0.25, -0.2) is 0 Å².